The van der Waals surface area contributed by atoms with Gasteiger partial charge in [0.15, 0.2) is 16.7 Å². The molecule has 1 unspecified atom stereocenters. The molecule has 7 heteroatoms. The van der Waals surface area contributed by atoms with E-state index in [0.717, 1.165) is 0 Å². The molecule has 0 aliphatic rings. The van der Waals surface area contributed by atoms with E-state index < -0.39 is 15.3 Å². The van der Waals surface area contributed by atoms with E-state index in [4.69, 9.17) is 14.7 Å². The molecule has 0 radical (unpaired) electrons. The molecule has 0 aliphatic carbocycles. The molecule has 0 amide bonds. The molecular weight excluding hydrogens is 268 g/mol. The molecule has 0 heterocycles. The fourth-order valence-electron chi connectivity index (χ4n) is 1.37. The van der Waals surface area contributed by atoms with Crippen molar-refractivity contribution in [2.75, 3.05) is 14.2 Å². The lowest BCUT2D eigenvalue weighted by atomic mass is 10.2. The van der Waals surface area contributed by atoms with E-state index in [1.54, 1.807) is 24.3 Å². The van der Waals surface area contributed by atoms with E-state index in [1.807, 2.05) is 0 Å². The van der Waals surface area contributed by atoms with Gasteiger partial charge in [0, 0.05) is 6.54 Å². The van der Waals surface area contributed by atoms with Gasteiger partial charge in [-0.25, -0.2) is 13.1 Å². The summed E-state index contributed by atoms with van der Waals surface area (Å²) in [5, 5.41) is 7.52. The topological polar surface area (TPSA) is 88.4 Å². The third-order valence-corrected chi connectivity index (χ3v) is 4.16. The summed E-state index contributed by atoms with van der Waals surface area (Å²) >= 11 is 0. The van der Waals surface area contributed by atoms with Crippen LogP contribution in [0.15, 0.2) is 18.2 Å². The maximum atomic E-state index is 11.6. The Morgan fingerprint density at radius 1 is 1.32 bits per heavy atom. The Hall–Kier alpha value is -1.78. The molecule has 104 valence electrons. The molecule has 0 aromatic heterocycles. The summed E-state index contributed by atoms with van der Waals surface area (Å²) in [6.45, 7) is 1.42. The van der Waals surface area contributed by atoms with Gasteiger partial charge < -0.3 is 9.47 Å². The first kappa shape index (κ1) is 15.3. The first-order chi connectivity index (χ1) is 8.94. The Balaban J connectivity index is 2.82. The first-order valence-electron chi connectivity index (χ1n) is 5.53. The Kier molecular flexibility index (Phi) is 5.15. The standard InChI is InChI=1S/C12H16N2O4S/c1-9(7-13)19(15,16)14-8-10-4-5-11(17-2)12(6-10)18-3/h4-6,9,14H,8H2,1-3H3. The zero-order valence-electron chi connectivity index (χ0n) is 11.0. The van der Waals surface area contributed by atoms with Crippen LogP contribution in [-0.4, -0.2) is 27.9 Å². The molecule has 0 fully saturated rings. The quantitative estimate of drug-likeness (QED) is 0.843. The van der Waals surface area contributed by atoms with Gasteiger partial charge in [-0.3, -0.25) is 0 Å². The molecule has 0 spiro atoms. The highest BCUT2D eigenvalue weighted by Crippen LogP contribution is 2.27. The summed E-state index contributed by atoms with van der Waals surface area (Å²) in [5.41, 5.74) is 0.714. The molecular formula is C12H16N2O4S. The van der Waals surface area contributed by atoms with E-state index in [1.165, 1.54) is 21.1 Å². The number of nitrogens with one attached hydrogen (secondary N) is 1. The van der Waals surface area contributed by atoms with Crippen LogP contribution >= 0.6 is 0 Å². The Morgan fingerprint density at radius 3 is 2.47 bits per heavy atom. The van der Waals surface area contributed by atoms with Crippen LogP contribution in [0.2, 0.25) is 0 Å². The normalized spacial score (nSPS) is 12.5. The fraction of sp³-hybridized carbons (Fsp3) is 0.417. The molecule has 1 atom stereocenters. The smallest absolute Gasteiger partial charge is 0.227 e. The molecule has 0 bridgehead atoms. The third kappa shape index (κ3) is 3.84. The Morgan fingerprint density at radius 2 is 1.95 bits per heavy atom. The second-order valence-electron chi connectivity index (χ2n) is 3.83. The van der Waals surface area contributed by atoms with Gasteiger partial charge in [-0.15, -0.1) is 0 Å². The molecule has 1 aromatic rings. The number of benzene rings is 1. The summed E-state index contributed by atoms with van der Waals surface area (Å²) in [6.07, 6.45) is 0. The largest absolute Gasteiger partial charge is 0.493 e. The van der Waals surface area contributed by atoms with Crippen molar-refractivity contribution in [3.05, 3.63) is 23.8 Å². The van der Waals surface area contributed by atoms with Gasteiger partial charge in [0.05, 0.1) is 20.3 Å². The van der Waals surface area contributed by atoms with Gasteiger partial charge in [-0.1, -0.05) is 6.07 Å². The van der Waals surface area contributed by atoms with Crippen molar-refractivity contribution < 1.29 is 17.9 Å². The van der Waals surface area contributed by atoms with E-state index in [9.17, 15) is 8.42 Å². The number of ether oxygens (including phenoxy) is 2. The number of nitriles is 1. The van der Waals surface area contributed by atoms with Crippen molar-refractivity contribution in [2.45, 2.75) is 18.7 Å². The minimum atomic E-state index is -3.63. The van der Waals surface area contributed by atoms with E-state index in [2.05, 4.69) is 4.72 Å². The molecule has 0 saturated heterocycles. The van der Waals surface area contributed by atoms with Gasteiger partial charge in [0.2, 0.25) is 10.0 Å². The highest BCUT2D eigenvalue weighted by molar-refractivity contribution is 7.90. The molecule has 0 saturated carbocycles. The van der Waals surface area contributed by atoms with Crippen LogP contribution in [0, 0.1) is 11.3 Å². The number of rotatable bonds is 6. The molecule has 1 rings (SSSR count). The van der Waals surface area contributed by atoms with Crippen LogP contribution in [0.25, 0.3) is 0 Å². The van der Waals surface area contributed by atoms with Crippen molar-refractivity contribution in [2.24, 2.45) is 0 Å². The maximum absolute atomic E-state index is 11.6. The van der Waals surface area contributed by atoms with E-state index in [-0.39, 0.29) is 6.54 Å². The second kappa shape index (κ2) is 6.41. The van der Waals surface area contributed by atoms with E-state index in [0.29, 0.717) is 17.1 Å². The molecule has 1 N–H and O–H groups in total. The van der Waals surface area contributed by atoms with Gasteiger partial charge in [0.1, 0.15) is 0 Å². The SMILES string of the molecule is COc1ccc(CNS(=O)(=O)C(C)C#N)cc1OC. The van der Waals surface area contributed by atoms with Crippen LogP contribution in [0.1, 0.15) is 12.5 Å². The minimum Gasteiger partial charge on any atom is -0.493 e. The van der Waals surface area contributed by atoms with Crippen LogP contribution < -0.4 is 14.2 Å². The highest BCUT2D eigenvalue weighted by Gasteiger charge is 2.19. The van der Waals surface area contributed by atoms with Crippen molar-refractivity contribution >= 4 is 10.0 Å². The number of nitrogens with zero attached hydrogens (tertiary/aromatic N) is 1. The predicted molar refractivity (Wildman–Crippen MR) is 70.4 cm³/mol. The number of sulfonamides is 1. The lowest BCUT2D eigenvalue weighted by molar-refractivity contribution is 0.354. The van der Waals surface area contributed by atoms with Crippen molar-refractivity contribution in [3.63, 3.8) is 0 Å². The van der Waals surface area contributed by atoms with Gasteiger partial charge in [-0.05, 0) is 24.6 Å². The summed E-state index contributed by atoms with van der Waals surface area (Å²) in [5.74, 6) is 1.09. The predicted octanol–water partition coefficient (Wildman–Crippen LogP) is 1.04. The van der Waals surface area contributed by atoms with Crippen molar-refractivity contribution in [1.82, 2.24) is 4.72 Å². The molecule has 1 aromatic carbocycles. The monoisotopic (exact) mass is 284 g/mol. The molecule has 6 nitrogen and oxygen atoms in total. The van der Waals surface area contributed by atoms with Gasteiger partial charge in [-0.2, -0.15) is 5.26 Å². The summed E-state index contributed by atoms with van der Waals surface area (Å²) in [7, 11) is -0.601. The van der Waals surface area contributed by atoms with Crippen molar-refractivity contribution in [3.8, 4) is 17.6 Å². The van der Waals surface area contributed by atoms with E-state index >= 15 is 0 Å². The van der Waals surface area contributed by atoms with Gasteiger partial charge in [0.25, 0.3) is 0 Å². The zero-order valence-corrected chi connectivity index (χ0v) is 11.8. The fourth-order valence-corrected chi connectivity index (χ4v) is 2.13. The lowest BCUT2D eigenvalue weighted by Crippen LogP contribution is -2.31. The minimum absolute atomic E-state index is 0.0920. The zero-order chi connectivity index (χ0) is 14.5. The number of methoxy groups -OCH3 is 2. The Labute approximate surface area is 113 Å². The lowest BCUT2D eigenvalue weighted by Gasteiger charge is -2.11. The van der Waals surface area contributed by atoms with Crippen molar-refractivity contribution in [1.29, 1.82) is 5.26 Å². The third-order valence-electron chi connectivity index (χ3n) is 2.57. The average molecular weight is 284 g/mol. The van der Waals surface area contributed by atoms with Crippen LogP contribution in [0.5, 0.6) is 11.5 Å². The first-order valence-corrected chi connectivity index (χ1v) is 7.08. The van der Waals surface area contributed by atoms with Crippen LogP contribution in [-0.2, 0) is 16.6 Å². The molecule has 19 heavy (non-hydrogen) atoms. The molecule has 0 aliphatic heterocycles. The summed E-state index contributed by atoms with van der Waals surface area (Å²) in [6, 6.07) is 6.78. The average Bonchev–Trinajstić information content (AvgIpc) is 2.43. The summed E-state index contributed by atoms with van der Waals surface area (Å²) < 4.78 is 35.8. The van der Waals surface area contributed by atoms with Crippen LogP contribution in [0.3, 0.4) is 0 Å². The Bertz CT molecular complexity index is 578. The van der Waals surface area contributed by atoms with Crippen LogP contribution in [0.4, 0.5) is 0 Å². The van der Waals surface area contributed by atoms with Gasteiger partial charge >= 0.3 is 0 Å². The number of hydrogen-bond acceptors (Lipinski definition) is 5. The summed E-state index contributed by atoms with van der Waals surface area (Å²) in [4.78, 5) is 0. The maximum Gasteiger partial charge on any atom is 0.227 e. The number of hydrogen-bond donors (Lipinski definition) is 1. The highest BCUT2D eigenvalue weighted by atomic mass is 32.2. The second-order valence-corrected chi connectivity index (χ2v) is 5.91.